The quantitative estimate of drug-likeness (QED) is 0.163. The van der Waals surface area contributed by atoms with Crippen LogP contribution in [0.2, 0.25) is 0 Å². The maximum atomic E-state index is 13.8. The summed E-state index contributed by atoms with van der Waals surface area (Å²) < 4.78 is 30.0. The highest BCUT2D eigenvalue weighted by Gasteiger charge is 2.30. The molecule has 3 rings (SSSR count). The molecule has 0 unspecified atom stereocenters. The van der Waals surface area contributed by atoms with Crippen molar-refractivity contribution < 1.29 is 33.0 Å². The Kier molecular flexibility index (Phi) is 10.0. The third kappa shape index (κ3) is 7.41. The average molecular weight is 540 g/mol. The predicted octanol–water partition coefficient (Wildman–Crippen LogP) is 6.14. The van der Waals surface area contributed by atoms with Crippen molar-refractivity contribution in [1.29, 1.82) is 0 Å². The van der Waals surface area contributed by atoms with Crippen LogP contribution >= 0.6 is 11.8 Å². The molecule has 1 heterocycles. The Bertz CT molecular complexity index is 1300. The van der Waals surface area contributed by atoms with Gasteiger partial charge < -0.3 is 14.2 Å². The molecule has 0 bridgehead atoms. The summed E-state index contributed by atoms with van der Waals surface area (Å²) in [6, 6.07) is 15.7. The van der Waals surface area contributed by atoms with Crippen molar-refractivity contribution in [2.24, 2.45) is 5.92 Å². The summed E-state index contributed by atoms with van der Waals surface area (Å²) >= 11 is 1.51. The summed E-state index contributed by atoms with van der Waals surface area (Å²) in [7, 11) is 1.38. The largest absolute Gasteiger partial charge is 0.493 e. The molecule has 0 amide bonds. The van der Waals surface area contributed by atoms with Crippen molar-refractivity contribution in [3.8, 4) is 11.5 Å². The first-order chi connectivity index (χ1) is 18.1. The number of thioether (sulfide) groups is 1. The molecule has 0 saturated carbocycles. The number of hydrogen-bond acceptors (Lipinski definition) is 8. The highest BCUT2D eigenvalue weighted by Crippen LogP contribution is 2.40. The third-order valence-electron chi connectivity index (χ3n) is 5.77. The molecular weight excluding hydrogens is 509 g/mol. The van der Waals surface area contributed by atoms with E-state index in [-0.39, 0.29) is 34.7 Å². The number of carbonyl (C=O) groups is 3. The Morgan fingerprint density at radius 3 is 2.39 bits per heavy atom. The number of ether oxygens (including phenoxy) is 3. The number of nitrogens with zero attached hydrogens (tertiary/aromatic N) is 1. The van der Waals surface area contributed by atoms with Gasteiger partial charge >= 0.3 is 11.9 Å². The van der Waals surface area contributed by atoms with Crippen LogP contribution in [0.15, 0.2) is 65.7 Å². The second kappa shape index (κ2) is 13.2. The van der Waals surface area contributed by atoms with Crippen LogP contribution in [0, 0.1) is 18.7 Å². The lowest BCUT2D eigenvalue weighted by atomic mass is 10.0. The first-order valence-corrected chi connectivity index (χ1v) is 12.9. The molecule has 0 fully saturated rings. The van der Waals surface area contributed by atoms with Gasteiger partial charge in [-0.2, -0.15) is 0 Å². The topological polar surface area (TPSA) is 91.8 Å². The predicted molar refractivity (Wildman–Crippen MR) is 142 cm³/mol. The number of rotatable bonds is 11. The van der Waals surface area contributed by atoms with Gasteiger partial charge in [0.05, 0.1) is 18.3 Å². The summed E-state index contributed by atoms with van der Waals surface area (Å²) in [4.78, 5) is 42.7. The van der Waals surface area contributed by atoms with Gasteiger partial charge in [0.1, 0.15) is 11.9 Å². The molecule has 0 N–H and O–H groups in total. The van der Waals surface area contributed by atoms with E-state index in [0.29, 0.717) is 0 Å². The van der Waals surface area contributed by atoms with Crippen LogP contribution in [-0.2, 0) is 14.3 Å². The molecule has 7 nitrogen and oxygen atoms in total. The molecule has 2 aromatic carbocycles. The summed E-state index contributed by atoms with van der Waals surface area (Å²) in [6.07, 6.45) is 0.549. The smallest absolute Gasteiger partial charge is 0.309 e. The molecule has 0 spiro atoms. The molecular formula is C29H30FNO6S. The SMILES string of the molecule is COc1ccnc(C(=O)C[C@@H](C)C(=O)O[C@@H](C)[C@H](Sc2ccccc2)c2ccc(F)cc2C)c1OC(C)=O. The van der Waals surface area contributed by atoms with E-state index in [4.69, 9.17) is 14.2 Å². The van der Waals surface area contributed by atoms with Crippen LogP contribution < -0.4 is 9.47 Å². The molecule has 0 aliphatic heterocycles. The standard InChI is InChI=1S/C29H30FNO6S/c1-17-15-21(30)11-12-23(17)28(38-22-9-7-6-8-10-22)19(3)36-29(34)18(2)16-24(33)26-27(37-20(4)32)25(35-5)13-14-31-26/h6-15,18-19,28H,16H2,1-5H3/t18-,19+,28+/m1/s1. The minimum atomic E-state index is -0.806. The zero-order valence-corrected chi connectivity index (χ0v) is 22.7. The number of ketones is 1. The van der Waals surface area contributed by atoms with Crippen LogP contribution in [0.25, 0.3) is 0 Å². The van der Waals surface area contributed by atoms with Crippen molar-refractivity contribution >= 4 is 29.5 Å². The van der Waals surface area contributed by atoms with Gasteiger partial charge in [0.15, 0.2) is 17.2 Å². The minimum Gasteiger partial charge on any atom is -0.493 e. The Labute approximate surface area is 225 Å². The van der Waals surface area contributed by atoms with E-state index in [1.165, 1.54) is 50.2 Å². The van der Waals surface area contributed by atoms with Crippen LogP contribution in [-0.4, -0.2) is 35.9 Å². The summed E-state index contributed by atoms with van der Waals surface area (Å²) in [6.45, 7) is 6.38. The second-order valence-corrected chi connectivity index (χ2v) is 10.0. The lowest BCUT2D eigenvalue weighted by Gasteiger charge is -2.26. The number of Topliss-reactive ketones (excluding diaryl/α,β-unsaturated/α-hetero) is 1. The third-order valence-corrected chi connectivity index (χ3v) is 7.20. The van der Waals surface area contributed by atoms with Gasteiger partial charge in [0.2, 0.25) is 5.75 Å². The van der Waals surface area contributed by atoms with Crippen LogP contribution in [0.1, 0.15) is 54.1 Å². The lowest BCUT2D eigenvalue weighted by molar-refractivity contribution is -0.152. The molecule has 0 saturated heterocycles. The van der Waals surface area contributed by atoms with Crippen molar-refractivity contribution in [3.05, 3.63) is 83.4 Å². The van der Waals surface area contributed by atoms with Gasteiger partial charge in [-0.15, -0.1) is 11.8 Å². The number of methoxy groups -OCH3 is 1. The number of pyridine rings is 1. The summed E-state index contributed by atoms with van der Waals surface area (Å²) in [5, 5.41) is -0.319. The summed E-state index contributed by atoms with van der Waals surface area (Å²) in [5.74, 6) is -2.76. The van der Waals surface area contributed by atoms with Gasteiger partial charge in [-0.25, -0.2) is 9.37 Å². The van der Waals surface area contributed by atoms with Crippen molar-refractivity contribution in [3.63, 3.8) is 0 Å². The highest BCUT2D eigenvalue weighted by molar-refractivity contribution is 7.99. The maximum absolute atomic E-state index is 13.8. The van der Waals surface area contributed by atoms with Gasteiger partial charge in [0.25, 0.3) is 0 Å². The van der Waals surface area contributed by atoms with E-state index in [0.717, 1.165) is 16.0 Å². The Morgan fingerprint density at radius 2 is 1.76 bits per heavy atom. The van der Waals surface area contributed by atoms with Gasteiger partial charge in [-0.3, -0.25) is 14.4 Å². The normalized spacial score (nSPS) is 13.2. The molecule has 1 aromatic heterocycles. The van der Waals surface area contributed by atoms with Crippen molar-refractivity contribution in [2.75, 3.05) is 7.11 Å². The molecule has 0 aliphatic carbocycles. The minimum absolute atomic E-state index is 0.0902. The van der Waals surface area contributed by atoms with E-state index in [1.807, 2.05) is 37.3 Å². The van der Waals surface area contributed by atoms with E-state index >= 15 is 0 Å². The van der Waals surface area contributed by atoms with Gasteiger partial charge in [-0.05, 0) is 49.2 Å². The molecule has 9 heteroatoms. The zero-order valence-electron chi connectivity index (χ0n) is 21.9. The maximum Gasteiger partial charge on any atom is 0.309 e. The molecule has 200 valence electrons. The molecule has 3 aromatic rings. The first kappa shape index (κ1) is 28.8. The fraction of sp³-hybridized carbons (Fsp3) is 0.310. The number of halogens is 1. The fourth-order valence-electron chi connectivity index (χ4n) is 3.87. The van der Waals surface area contributed by atoms with E-state index in [1.54, 1.807) is 19.9 Å². The highest BCUT2D eigenvalue weighted by atomic mass is 32.2. The molecule has 38 heavy (non-hydrogen) atoms. The zero-order chi connectivity index (χ0) is 27.8. The second-order valence-electron chi connectivity index (χ2n) is 8.81. The van der Waals surface area contributed by atoms with Crippen LogP contribution in [0.5, 0.6) is 11.5 Å². The fourth-order valence-corrected chi connectivity index (χ4v) is 5.11. The number of carbonyl (C=O) groups excluding carboxylic acids is 3. The van der Waals surface area contributed by atoms with E-state index in [2.05, 4.69) is 4.98 Å². The van der Waals surface area contributed by atoms with Crippen molar-refractivity contribution in [1.82, 2.24) is 4.98 Å². The number of benzene rings is 2. The number of aromatic nitrogens is 1. The first-order valence-electron chi connectivity index (χ1n) is 12.0. The Morgan fingerprint density at radius 1 is 1.05 bits per heavy atom. The average Bonchev–Trinajstić information content (AvgIpc) is 2.87. The number of esters is 2. The summed E-state index contributed by atoms with van der Waals surface area (Å²) in [5.41, 5.74) is 1.48. The van der Waals surface area contributed by atoms with E-state index < -0.39 is 29.7 Å². The monoisotopic (exact) mass is 539 g/mol. The number of hydrogen-bond donors (Lipinski definition) is 0. The number of aryl methyl sites for hydroxylation is 1. The Hall–Kier alpha value is -3.72. The van der Waals surface area contributed by atoms with Crippen molar-refractivity contribution in [2.45, 2.75) is 50.4 Å². The van der Waals surface area contributed by atoms with Crippen LogP contribution in [0.3, 0.4) is 0 Å². The van der Waals surface area contributed by atoms with Crippen LogP contribution in [0.4, 0.5) is 4.39 Å². The van der Waals surface area contributed by atoms with Gasteiger partial charge in [-0.1, -0.05) is 31.2 Å². The van der Waals surface area contributed by atoms with E-state index in [9.17, 15) is 18.8 Å². The lowest BCUT2D eigenvalue weighted by Crippen LogP contribution is -2.26. The molecule has 0 aliphatic rings. The van der Waals surface area contributed by atoms with Gasteiger partial charge in [0, 0.05) is 30.5 Å². The Balaban J connectivity index is 1.77. The molecule has 0 radical (unpaired) electrons. The molecule has 3 atom stereocenters.